The largest absolute Gasteiger partial charge is 0.320 e. The second kappa shape index (κ2) is 7.12. The van der Waals surface area contributed by atoms with E-state index in [1.54, 1.807) is 11.6 Å². The second-order valence-electron chi connectivity index (χ2n) is 7.41. The first-order valence-corrected chi connectivity index (χ1v) is 9.79. The van der Waals surface area contributed by atoms with E-state index in [1.807, 2.05) is 60.7 Å². The predicted octanol–water partition coefficient (Wildman–Crippen LogP) is 4.36. The molecule has 146 valence electrons. The summed E-state index contributed by atoms with van der Waals surface area (Å²) in [6.07, 6.45) is 0.890. The number of carbonyl (C=O) groups is 1. The molecule has 0 spiro atoms. The Balaban J connectivity index is 1.48. The van der Waals surface area contributed by atoms with Crippen molar-refractivity contribution in [2.24, 2.45) is 0 Å². The number of para-hydroxylation sites is 1. The van der Waals surface area contributed by atoms with E-state index in [0.717, 1.165) is 17.7 Å². The number of anilines is 1. The maximum absolute atomic E-state index is 12.9. The van der Waals surface area contributed by atoms with Gasteiger partial charge >= 0.3 is 0 Å². The van der Waals surface area contributed by atoms with E-state index in [2.05, 4.69) is 22.5 Å². The SMILES string of the molecule is Cc1cc(=O)c(C(=O)Nc2ccc3c(c2)-c2ccccc2C3)nn1-c1ccccc1. The van der Waals surface area contributed by atoms with Crippen molar-refractivity contribution in [2.45, 2.75) is 13.3 Å². The number of hydrogen-bond acceptors (Lipinski definition) is 3. The highest BCUT2D eigenvalue weighted by Crippen LogP contribution is 2.37. The first-order chi connectivity index (χ1) is 14.6. The minimum atomic E-state index is -0.518. The lowest BCUT2D eigenvalue weighted by Crippen LogP contribution is -2.26. The van der Waals surface area contributed by atoms with Gasteiger partial charge in [0.15, 0.2) is 5.69 Å². The standard InChI is InChI=1S/C25H19N3O2/c1-16-13-23(29)24(27-28(16)20-8-3-2-4-9-20)25(30)26-19-12-11-18-14-17-7-5-6-10-21(17)22(18)15-19/h2-13,15H,14H2,1H3,(H,26,30). The van der Waals surface area contributed by atoms with Crippen LogP contribution in [-0.4, -0.2) is 15.7 Å². The van der Waals surface area contributed by atoms with Crippen molar-refractivity contribution < 1.29 is 4.79 Å². The molecule has 1 aromatic heterocycles. The highest BCUT2D eigenvalue weighted by molar-refractivity contribution is 6.03. The van der Waals surface area contributed by atoms with Gasteiger partial charge in [-0.25, -0.2) is 4.68 Å². The summed E-state index contributed by atoms with van der Waals surface area (Å²) in [5, 5.41) is 7.18. The Labute approximate surface area is 173 Å². The van der Waals surface area contributed by atoms with Crippen molar-refractivity contribution in [1.82, 2.24) is 9.78 Å². The molecule has 0 saturated carbocycles. The lowest BCUT2D eigenvalue weighted by molar-refractivity contribution is 0.101. The van der Waals surface area contributed by atoms with E-state index in [1.165, 1.54) is 22.8 Å². The molecule has 0 fully saturated rings. The summed E-state index contributed by atoms with van der Waals surface area (Å²) < 4.78 is 1.61. The minimum Gasteiger partial charge on any atom is -0.320 e. The van der Waals surface area contributed by atoms with E-state index in [0.29, 0.717) is 11.4 Å². The molecule has 1 aliphatic carbocycles. The maximum atomic E-state index is 12.9. The maximum Gasteiger partial charge on any atom is 0.280 e. The third kappa shape index (κ3) is 3.10. The summed E-state index contributed by atoms with van der Waals surface area (Å²) in [4.78, 5) is 25.4. The third-order valence-corrected chi connectivity index (χ3v) is 5.38. The lowest BCUT2D eigenvalue weighted by atomic mass is 10.1. The van der Waals surface area contributed by atoms with Crippen LogP contribution in [0.2, 0.25) is 0 Å². The molecule has 0 atom stereocenters. The van der Waals surface area contributed by atoms with Gasteiger partial charge in [0.1, 0.15) is 0 Å². The van der Waals surface area contributed by atoms with Crippen LogP contribution in [0.5, 0.6) is 0 Å². The van der Waals surface area contributed by atoms with Crippen LogP contribution >= 0.6 is 0 Å². The Morgan fingerprint density at radius 2 is 1.63 bits per heavy atom. The summed E-state index contributed by atoms with van der Waals surface area (Å²) in [6.45, 7) is 1.79. The number of amides is 1. The van der Waals surface area contributed by atoms with Crippen LogP contribution in [0, 0.1) is 6.92 Å². The van der Waals surface area contributed by atoms with Gasteiger partial charge < -0.3 is 5.32 Å². The van der Waals surface area contributed by atoms with Gasteiger partial charge in [-0.05, 0) is 59.9 Å². The molecule has 5 rings (SSSR count). The normalized spacial score (nSPS) is 11.6. The van der Waals surface area contributed by atoms with Gasteiger partial charge in [0, 0.05) is 17.4 Å². The van der Waals surface area contributed by atoms with Crippen molar-refractivity contribution in [2.75, 3.05) is 5.32 Å². The number of nitrogens with zero attached hydrogens (tertiary/aromatic N) is 2. The Morgan fingerprint density at radius 1 is 0.900 bits per heavy atom. The molecular weight excluding hydrogens is 374 g/mol. The molecule has 0 aliphatic heterocycles. The Bertz CT molecular complexity index is 1340. The van der Waals surface area contributed by atoms with Gasteiger partial charge in [-0.2, -0.15) is 5.10 Å². The zero-order valence-corrected chi connectivity index (χ0v) is 16.4. The zero-order valence-electron chi connectivity index (χ0n) is 16.4. The Kier molecular flexibility index (Phi) is 4.29. The van der Waals surface area contributed by atoms with Crippen LogP contribution in [0.25, 0.3) is 16.8 Å². The van der Waals surface area contributed by atoms with Crippen molar-refractivity contribution in [1.29, 1.82) is 0 Å². The summed E-state index contributed by atoms with van der Waals surface area (Å²) in [5.41, 5.74) is 6.37. The van der Waals surface area contributed by atoms with Gasteiger partial charge in [-0.3, -0.25) is 9.59 Å². The summed E-state index contributed by atoms with van der Waals surface area (Å²) >= 11 is 0. The van der Waals surface area contributed by atoms with Gasteiger partial charge in [-0.15, -0.1) is 0 Å². The molecule has 1 amide bonds. The summed E-state index contributed by atoms with van der Waals surface area (Å²) in [7, 11) is 0. The van der Waals surface area contributed by atoms with Gasteiger partial charge in [-0.1, -0.05) is 48.5 Å². The molecule has 5 heteroatoms. The molecule has 0 radical (unpaired) electrons. The summed E-state index contributed by atoms with van der Waals surface area (Å²) in [5.74, 6) is -0.518. The van der Waals surface area contributed by atoms with Crippen LogP contribution < -0.4 is 10.7 Å². The Morgan fingerprint density at radius 3 is 2.47 bits per heavy atom. The summed E-state index contributed by atoms with van der Waals surface area (Å²) in [6, 6.07) is 25.0. The van der Waals surface area contributed by atoms with Crippen molar-refractivity contribution in [3.8, 4) is 16.8 Å². The first-order valence-electron chi connectivity index (χ1n) is 9.79. The van der Waals surface area contributed by atoms with Crippen LogP contribution in [-0.2, 0) is 6.42 Å². The number of nitrogens with one attached hydrogen (secondary N) is 1. The van der Waals surface area contributed by atoms with Gasteiger partial charge in [0.2, 0.25) is 5.43 Å². The molecule has 4 aromatic rings. The lowest BCUT2D eigenvalue weighted by Gasteiger charge is -2.12. The van der Waals surface area contributed by atoms with Gasteiger partial charge in [0.25, 0.3) is 5.91 Å². The monoisotopic (exact) mass is 393 g/mol. The molecule has 1 aliphatic rings. The fourth-order valence-electron chi connectivity index (χ4n) is 3.93. The average Bonchev–Trinajstić information content (AvgIpc) is 3.12. The van der Waals surface area contributed by atoms with E-state index in [-0.39, 0.29) is 5.69 Å². The van der Waals surface area contributed by atoms with Crippen LogP contribution in [0.1, 0.15) is 27.3 Å². The second-order valence-corrected chi connectivity index (χ2v) is 7.41. The number of aromatic nitrogens is 2. The third-order valence-electron chi connectivity index (χ3n) is 5.38. The number of aryl methyl sites for hydroxylation is 1. The highest BCUT2D eigenvalue weighted by Gasteiger charge is 2.20. The van der Waals surface area contributed by atoms with Crippen molar-refractivity contribution in [3.05, 3.63) is 112 Å². The smallest absolute Gasteiger partial charge is 0.280 e. The molecule has 0 unspecified atom stereocenters. The molecule has 1 N–H and O–H groups in total. The molecule has 1 heterocycles. The number of carbonyl (C=O) groups excluding carboxylic acids is 1. The van der Waals surface area contributed by atoms with Crippen LogP contribution in [0.3, 0.4) is 0 Å². The number of fused-ring (bicyclic) bond motifs is 3. The van der Waals surface area contributed by atoms with E-state index in [4.69, 9.17) is 0 Å². The predicted molar refractivity (Wildman–Crippen MR) is 117 cm³/mol. The molecule has 5 nitrogen and oxygen atoms in total. The fraction of sp³-hybridized carbons (Fsp3) is 0.0800. The van der Waals surface area contributed by atoms with E-state index >= 15 is 0 Å². The first kappa shape index (κ1) is 18.1. The van der Waals surface area contributed by atoms with Gasteiger partial charge in [0.05, 0.1) is 5.69 Å². The van der Waals surface area contributed by atoms with E-state index in [9.17, 15) is 9.59 Å². The van der Waals surface area contributed by atoms with Crippen molar-refractivity contribution >= 4 is 11.6 Å². The number of hydrogen-bond donors (Lipinski definition) is 1. The van der Waals surface area contributed by atoms with Crippen molar-refractivity contribution in [3.63, 3.8) is 0 Å². The number of benzene rings is 3. The highest BCUT2D eigenvalue weighted by atomic mass is 16.2. The minimum absolute atomic E-state index is 0.134. The molecule has 3 aromatic carbocycles. The molecule has 30 heavy (non-hydrogen) atoms. The quantitative estimate of drug-likeness (QED) is 0.495. The van der Waals surface area contributed by atoms with E-state index < -0.39 is 11.3 Å². The average molecular weight is 393 g/mol. The number of rotatable bonds is 3. The topological polar surface area (TPSA) is 64.0 Å². The van der Waals surface area contributed by atoms with Crippen LogP contribution in [0.15, 0.2) is 83.7 Å². The molecular formula is C25H19N3O2. The Hall–Kier alpha value is -3.99. The molecule has 0 bridgehead atoms. The molecule has 0 saturated heterocycles. The van der Waals surface area contributed by atoms with Crippen LogP contribution in [0.4, 0.5) is 5.69 Å². The zero-order chi connectivity index (χ0) is 20.7. The fourth-order valence-corrected chi connectivity index (χ4v) is 3.93.